The standard InChI is InChI=1S/C4H6I2N2O3/c5-3(9)11-2-1-7-4(10)8-6/h1-2H2,(H2,7,8,10). The number of halogens is 2. The minimum atomic E-state index is -0.376. The summed E-state index contributed by atoms with van der Waals surface area (Å²) in [6, 6.07) is -0.296. The molecule has 0 aliphatic carbocycles. The summed E-state index contributed by atoms with van der Waals surface area (Å²) in [6.45, 7) is 0.523. The third-order valence-corrected chi connectivity index (χ3v) is 1.49. The molecule has 0 aromatic rings. The summed E-state index contributed by atoms with van der Waals surface area (Å²) in [6.07, 6.45) is 0. The van der Waals surface area contributed by atoms with E-state index in [9.17, 15) is 9.59 Å². The molecule has 0 aromatic heterocycles. The lowest BCUT2D eigenvalue weighted by atomic mass is 10.7. The van der Waals surface area contributed by atoms with Crippen molar-refractivity contribution in [2.24, 2.45) is 0 Å². The van der Waals surface area contributed by atoms with E-state index in [-0.39, 0.29) is 16.6 Å². The monoisotopic (exact) mass is 384 g/mol. The van der Waals surface area contributed by atoms with E-state index in [0.29, 0.717) is 6.54 Å². The fourth-order valence-corrected chi connectivity index (χ4v) is 0.740. The summed E-state index contributed by atoms with van der Waals surface area (Å²) in [4.78, 5) is 20.7. The van der Waals surface area contributed by atoms with Crippen molar-refractivity contribution in [1.82, 2.24) is 8.85 Å². The maximum atomic E-state index is 10.5. The summed E-state index contributed by atoms with van der Waals surface area (Å²) in [5, 5.41) is 2.45. The highest BCUT2D eigenvalue weighted by Crippen LogP contribution is 1.89. The van der Waals surface area contributed by atoms with Crippen molar-refractivity contribution in [3.8, 4) is 0 Å². The van der Waals surface area contributed by atoms with Crippen molar-refractivity contribution < 1.29 is 14.3 Å². The van der Waals surface area contributed by atoms with Crippen LogP contribution in [-0.2, 0) is 4.74 Å². The van der Waals surface area contributed by atoms with Crippen molar-refractivity contribution in [2.45, 2.75) is 0 Å². The van der Waals surface area contributed by atoms with Gasteiger partial charge in [-0.2, -0.15) is 0 Å². The average molecular weight is 384 g/mol. The molecule has 0 fully saturated rings. The van der Waals surface area contributed by atoms with Gasteiger partial charge >= 0.3 is 10.0 Å². The molecule has 11 heavy (non-hydrogen) atoms. The van der Waals surface area contributed by atoms with Gasteiger partial charge in [0.2, 0.25) is 0 Å². The van der Waals surface area contributed by atoms with Crippen LogP contribution in [-0.4, -0.2) is 23.2 Å². The Bertz CT molecular complexity index is 152. The van der Waals surface area contributed by atoms with Crippen LogP contribution in [0.4, 0.5) is 9.59 Å². The van der Waals surface area contributed by atoms with Crippen molar-refractivity contribution in [1.29, 1.82) is 0 Å². The molecule has 0 aromatic carbocycles. The van der Waals surface area contributed by atoms with E-state index in [1.807, 2.05) is 0 Å². The Labute approximate surface area is 91.3 Å². The molecule has 64 valence electrons. The zero-order valence-electron chi connectivity index (χ0n) is 5.39. The summed E-state index contributed by atoms with van der Waals surface area (Å²) in [7, 11) is 0. The molecule has 0 spiro atoms. The number of urea groups is 1. The van der Waals surface area contributed by atoms with Crippen LogP contribution < -0.4 is 8.85 Å². The average Bonchev–Trinajstić information content (AvgIpc) is 1.97. The van der Waals surface area contributed by atoms with E-state index in [1.54, 1.807) is 22.9 Å². The van der Waals surface area contributed by atoms with Crippen LogP contribution in [0.3, 0.4) is 0 Å². The van der Waals surface area contributed by atoms with Gasteiger partial charge in [0, 0.05) is 0 Å². The Morgan fingerprint density at radius 3 is 2.55 bits per heavy atom. The molecule has 5 nitrogen and oxygen atoms in total. The minimum Gasteiger partial charge on any atom is -0.456 e. The van der Waals surface area contributed by atoms with Crippen LogP contribution in [0, 0.1) is 0 Å². The molecule has 0 rings (SSSR count). The van der Waals surface area contributed by atoms with Crippen molar-refractivity contribution in [2.75, 3.05) is 13.2 Å². The Kier molecular flexibility index (Phi) is 7.01. The lowest BCUT2D eigenvalue weighted by molar-refractivity contribution is 0.178. The quantitative estimate of drug-likeness (QED) is 0.333. The first-order valence-corrected chi connectivity index (χ1v) is 4.79. The Morgan fingerprint density at radius 1 is 1.45 bits per heavy atom. The second-order valence-corrected chi connectivity index (χ2v) is 2.86. The number of rotatable bonds is 3. The third-order valence-electron chi connectivity index (χ3n) is 0.689. The Morgan fingerprint density at radius 2 is 2.09 bits per heavy atom. The van der Waals surface area contributed by atoms with E-state index in [2.05, 4.69) is 13.6 Å². The molecule has 7 heteroatoms. The van der Waals surface area contributed by atoms with E-state index in [1.165, 1.54) is 22.6 Å². The molecule has 2 amide bonds. The molecule has 0 radical (unpaired) electrons. The molecule has 0 saturated carbocycles. The summed E-state index contributed by atoms with van der Waals surface area (Å²) < 4.78 is 6.49. The van der Waals surface area contributed by atoms with Gasteiger partial charge in [-0.15, -0.1) is 0 Å². The normalized spacial score (nSPS) is 8.55. The number of carbonyl (C=O) groups excluding carboxylic acids is 2. The van der Waals surface area contributed by atoms with Crippen LogP contribution in [0.1, 0.15) is 0 Å². The van der Waals surface area contributed by atoms with E-state index < -0.39 is 0 Å². The predicted octanol–water partition coefficient (Wildman–Crippen LogP) is 1.21. The fraction of sp³-hybridized carbons (Fsp3) is 0.500. The highest BCUT2D eigenvalue weighted by molar-refractivity contribution is 14.1. The molecule has 0 unspecified atom stereocenters. The number of amides is 2. The largest absolute Gasteiger partial charge is 0.456 e. The maximum absolute atomic E-state index is 10.5. The second-order valence-electron chi connectivity index (χ2n) is 1.44. The van der Waals surface area contributed by atoms with Gasteiger partial charge in [-0.25, -0.2) is 9.59 Å². The number of nitrogens with one attached hydrogen (secondary N) is 2. The smallest absolute Gasteiger partial charge is 0.367 e. The van der Waals surface area contributed by atoms with Crippen LogP contribution >= 0.6 is 45.5 Å². The van der Waals surface area contributed by atoms with Gasteiger partial charge in [-0.3, -0.25) is 3.53 Å². The van der Waals surface area contributed by atoms with Gasteiger partial charge in [0.1, 0.15) is 6.61 Å². The lowest BCUT2D eigenvalue weighted by Crippen LogP contribution is -2.32. The van der Waals surface area contributed by atoms with Gasteiger partial charge in [-0.1, -0.05) is 0 Å². The first-order chi connectivity index (χ1) is 5.16. The molecule has 0 heterocycles. The summed E-state index contributed by atoms with van der Waals surface area (Å²) >= 11 is 3.23. The molecular formula is C4H6I2N2O3. The van der Waals surface area contributed by atoms with Crippen molar-refractivity contribution in [3.05, 3.63) is 0 Å². The van der Waals surface area contributed by atoms with E-state index >= 15 is 0 Å². The SMILES string of the molecule is O=C(NI)NCCOC(=O)I. The highest BCUT2D eigenvalue weighted by Gasteiger charge is 1.96. The predicted molar refractivity (Wildman–Crippen MR) is 55.9 cm³/mol. The van der Waals surface area contributed by atoms with Crippen LogP contribution in [0.2, 0.25) is 0 Å². The number of hydrogen-bond acceptors (Lipinski definition) is 3. The molecule has 0 bridgehead atoms. The Hall–Kier alpha value is 0.200. The molecular weight excluding hydrogens is 378 g/mol. The van der Waals surface area contributed by atoms with Crippen LogP contribution in [0.25, 0.3) is 0 Å². The van der Waals surface area contributed by atoms with Crippen molar-refractivity contribution in [3.63, 3.8) is 0 Å². The summed E-state index contributed by atoms with van der Waals surface area (Å²) in [5.41, 5.74) is 0. The number of hydrogen-bond donors (Lipinski definition) is 2. The molecule has 0 atom stereocenters. The highest BCUT2D eigenvalue weighted by atomic mass is 127. The first kappa shape index (κ1) is 11.2. The van der Waals surface area contributed by atoms with Crippen LogP contribution in [0.15, 0.2) is 0 Å². The number of carbonyl (C=O) groups is 2. The van der Waals surface area contributed by atoms with Gasteiger partial charge in [0.25, 0.3) is 0 Å². The fourth-order valence-electron chi connectivity index (χ4n) is 0.329. The third kappa shape index (κ3) is 8.10. The van der Waals surface area contributed by atoms with Gasteiger partial charge in [0.05, 0.1) is 52.0 Å². The zero-order chi connectivity index (χ0) is 8.69. The van der Waals surface area contributed by atoms with Gasteiger partial charge in [0.15, 0.2) is 0 Å². The topological polar surface area (TPSA) is 67.4 Å². The lowest BCUT2D eigenvalue weighted by Gasteiger charge is -2.01. The second kappa shape index (κ2) is 6.88. The molecule has 2 N–H and O–H groups in total. The number of ether oxygens (including phenoxy) is 1. The van der Waals surface area contributed by atoms with Gasteiger partial charge in [-0.05, 0) is 0 Å². The summed E-state index contributed by atoms with van der Waals surface area (Å²) in [5.74, 6) is 0. The molecule has 0 saturated heterocycles. The first-order valence-electron chi connectivity index (χ1n) is 2.63. The zero-order valence-corrected chi connectivity index (χ0v) is 9.71. The van der Waals surface area contributed by atoms with E-state index in [4.69, 9.17) is 0 Å². The van der Waals surface area contributed by atoms with E-state index in [0.717, 1.165) is 0 Å². The van der Waals surface area contributed by atoms with Crippen molar-refractivity contribution >= 4 is 55.5 Å². The van der Waals surface area contributed by atoms with Crippen LogP contribution in [0.5, 0.6) is 0 Å². The maximum Gasteiger partial charge on any atom is 0.367 e. The molecule has 0 aliphatic heterocycles. The molecule has 0 aliphatic rings. The minimum absolute atomic E-state index is 0.200. The Balaban J connectivity index is 3.14. The van der Waals surface area contributed by atoms with Gasteiger partial charge < -0.3 is 10.1 Å².